The molecule has 3 heterocycles. The predicted molar refractivity (Wildman–Crippen MR) is 138 cm³/mol. The molecule has 0 saturated carbocycles. The van der Waals surface area contributed by atoms with Gasteiger partial charge in [-0.2, -0.15) is 13.2 Å². The molecule has 3 aromatic rings. The largest absolute Gasteiger partial charge is 0.416 e. The molecule has 2 atom stereocenters. The Labute approximate surface area is 219 Å². The van der Waals surface area contributed by atoms with Crippen LogP contribution in [-0.4, -0.2) is 66.5 Å². The summed E-state index contributed by atoms with van der Waals surface area (Å²) in [6, 6.07) is 19.1. The minimum Gasteiger partial charge on any atom is -0.369 e. The molecule has 5 rings (SSSR count). The van der Waals surface area contributed by atoms with E-state index in [1.807, 2.05) is 18.2 Å². The number of likely N-dealkylation sites (tertiary alicyclic amines) is 1. The van der Waals surface area contributed by atoms with Crippen LogP contribution in [0.2, 0.25) is 5.15 Å². The molecule has 2 aliphatic rings. The van der Waals surface area contributed by atoms with Crippen molar-refractivity contribution in [2.24, 2.45) is 5.92 Å². The van der Waals surface area contributed by atoms with Gasteiger partial charge in [-0.15, -0.1) is 0 Å². The van der Waals surface area contributed by atoms with E-state index in [1.54, 1.807) is 23.1 Å². The van der Waals surface area contributed by atoms with Crippen molar-refractivity contribution < 1.29 is 18.0 Å². The Morgan fingerprint density at radius 2 is 1.70 bits per heavy atom. The molecule has 0 spiro atoms. The van der Waals surface area contributed by atoms with E-state index in [2.05, 4.69) is 26.9 Å². The minimum absolute atomic E-state index is 0.00819. The number of alkyl halides is 3. The summed E-state index contributed by atoms with van der Waals surface area (Å²) in [5.41, 5.74) is 1.44. The number of anilines is 1. The van der Waals surface area contributed by atoms with Gasteiger partial charge >= 0.3 is 6.18 Å². The Kier molecular flexibility index (Phi) is 7.40. The Morgan fingerprint density at radius 1 is 0.946 bits per heavy atom. The molecule has 0 bridgehead atoms. The molecule has 2 saturated heterocycles. The van der Waals surface area contributed by atoms with Gasteiger partial charge in [0, 0.05) is 63.6 Å². The van der Waals surface area contributed by atoms with Gasteiger partial charge in [0.25, 0.3) is 5.91 Å². The van der Waals surface area contributed by atoms with Crippen molar-refractivity contribution in [2.45, 2.75) is 12.1 Å². The average Bonchev–Trinajstić information content (AvgIpc) is 3.33. The lowest BCUT2D eigenvalue weighted by Gasteiger charge is -2.38. The average molecular weight is 529 g/mol. The van der Waals surface area contributed by atoms with Crippen LogP contribution in [0.4, 0.5) is 18.9 Å². The zero-order valence-electron chi connectivity index (χ0n) is 20.2. The Hall–Kier alpha value is -3.10. The summed E-state index contributed by atoms with van der Waals surface area (Å²) in [5.74, 6) is -0.466. The fourth-order valence-electron chi connectivity index (χ4n) is 5.42. The fourth-order valence-corrected chi connectivity index (χ4v) is 5.62. The van der Waals surface area contributed by atoms with Crippen molar-refractivity contribution in [1.82, 2.24) is 14.8 Å². The van der Waals surface area contributed by atoms with Crippen LogP contribution >= 0.6 is 11.6 Å². The number of piperazine rings is 1. The number of para-hydroxylation sites is 1. The molecule has 2 aliphatic heterocycles. The number of rotatable bonds is 5. The lowest BCUT2D eigenvalue weighted by atomic mass is 9.87. The van der Waals surface area contributed by atoms with Gasteiger partial charge in [0.05, 0.1) is 11.1 Å². The lowest BCUT2D eigenvalue weighted by Crippen LogP contribution is -2.48. The minimum atomic E-state index is -4.42. The Morgan fingerprint density at radius 3 is 2.41 bits per heavy atom. The standard InChI is InChI=1S/C28H28ClF3N4O/c29-26-24(10-5-11-33-26)27(37)36-18-21(25(19-36)20-6-4-7-22(16-20)28(30,31)32)17-34-12-14-35(15-13-34)23-8-2-1-3-9-23/h1-11,16,21,25H,12-15,17-19H2/t21-,25-/m0/s1. The third-order valence-corrected chi connectivity index (χ3v) is 7.65. The van der Waals surface area contributed by atoms with Crippen molar-refractivity contribution in [2.75, 3.05) is 50.7 Å². The Bertz CT molecular complexity index is 1230. The monoisotopic (exact) mass is 528 g/mol. The van der Waals surface area contributed by atoms with Crippen molar-refractivity contribution in [3.05, 3.63) is 94.8 Å². The molecule has 0 radical (unpaired) electrons. The first-order valence-electron chi connectivity index (χ1n) is 12.4. The number of amides is 1. The van der Waals surface area contributed by atoms with Crippen LogP contribution < -0.4 is 4.90 Å². The van der Waals surface area contributed by atoms with Gasteiger partial charge in [-0.3, -0.25) is 9.69 Å². The molecule has 9 heteroatoms. The number of hydrogen-bond donors (Lipinski definition) is 0. The van der Waals surface area contributed by atoms with E-state index in [0.29, 0.717) is 30.8 Å². The van der Waals surface area contributed by atoms with Gasteiger partial charge in [-0.25, -0.2) is 4.98 Å². The van der Waals surface area contributed by atoms with Gasteiger partial charge in [0.15, 0.2) is 0 Å². The number of hydrogen-bond acceptors (Lipinski definition) is 4. The maximum atomic E-state index is 13.5. The predicted octanol–water partition coefficient (Wildman–Crippen LogP) is 5.43. The molecule has 0 unspecified atom stereocenters. The molecule has 2 fully saturated rings. The van der Waals surface area contributed by atoms with E-state index in [1.165, 1.54) is 24.0 Å². The SMILES string of the molecule is O=C(c1cccnc1Cl)N1C[C@H](CN2CCN(c3ccccc3)CC2)[C@H](c2cccc(C(F)(F)F)c2)C1. The van der Waals surface area contributed by atoms with Crippen LogP contribution in [0.3, 0.4) is 0 Å². The quantitative estimate of drug-likeness (QED) is 0.414. The molecular weight excluding hydrogens is 501 g/mol. The van der Waals surface area contributed by atoms with Gasteiger partial charge in [-0.1, -0.05) is 48.0 Å². The zero-order valence-corrected chi connectivity index (χ0v) is 21.0. The van der Waals surface area contributed by atoms with Gasteiger partial charge in [-0.05, 0) is 41.8 Å². The highest BCUT2D eigenvalue weighted by Gasteiger charge is 2.39. The van der Waals surface area contributed by atoms with E-state index in [9.17, 15) is 18.0 Å². The second-order valence-electron chi connectivity index (χ2n) is 9.66. The fraction of sp³-hybridized carbons (Fsp3) is 0.357. The Balaban J connectivity index is 1.35. The number of pyridine rings is 1. The van der Waals surface area contributed by atoms with Crippen molar-refractivity contribution in [3.8, 4) is 0 Å². The van der Waals surface area contributed by atoms with Crippen LogP contribution in [-0.2, 0) is 6.18 Å². The summed E-state index contributed by atoms with van der Waals surface area (Å²) in [4.78, 5) is 23.7. The first-order chi connectivity index (χ1) is 17.8. The van der Waals surface area contributed by atoms with Gasteiger partial charge in [0.2, 0.25) is 0 Å². The van der Waals surface area contributed by atoms with Crippen LogP contribution in [0.15, 0.2) is 72.9 Å². The highest BCUT2D eigenvalue weighted by Crippen LogP contribution is 2.38. The van der Waals surface area contributed by atoms with E-state index in [-0.39, 0.29) is 22.9 Å². The van der Waals surface area contributed by atoms with Crippen molar-refractivity contribution in [1.29, 1.82) is 0 Å². The van der Waals surface area contributed by atoms with E-state index in [4.69, 9.17) is 11.6 Å². The highest BCUT2D eigenvalue weighted by atomic mass is 35.5. The molecule has 1 amide bonds. The van der Waals surface area contributed by atoms with Crippen LogP contribution in [0.5, 0.6) is 0 Å². The summed E-state index contributed by atoms with van der Waals surface area (Å²) in [5, 5.41) is 0.128. The van der Waals surface area contributed by atoms with Crippen LogP contribution in [0, 0.1) is 5.92 Å². The summed E-state index contributed by atoms with van der Waals surface area (Å²) in [7, 11) is 0. The van der Waals surface area contributed by atoms with Crippen molar-refractivity contribution >= 4 is 23.2 Å². The maximum Gasteiger partial charge on any atom is 0.416 e. The topological polar surface area (TPSA) is 39.7 Å². The lowest BCUT2D eigenvalue weighted by molar-refractivity contribution is -0.137. The summed E-state index contributed by atoms with van der Waals surface area (Å²) < 4.78 is 40.4. The summed E-state index contributed by atoms with van der Waals surface area (Å²) in [6.45, 7) is 4.93. The first-order valence-corrected chi connectivity index (χ1v) is 12.8. The van der Waals surface area contributed by atoms with E-state index >= 15 is 0 Å². The molecule has 37 heavy (non-hydrogen) atoms. The van der Waals surface area contributed by atoms with Crippen LogP contribution in [0.1, 0.15) is 27.4 Å². The number of halogens is 4. The number of carbonyl (C=O) groups is 1. The second kappa shape index (κ2) is 10.7. The third-order valence-electron chi connectivity index (χ3n) is 7.35. The molecular formula is C28H28ClF3N4O. The first kappa shape index (κ1) is 25.5. The smallest absolute Gasteiger partial charge is 0.369 e. The maximum absolute atomic E-state index is 13.5. The number of aromatic nitrogens is 1. The van der Waals surface area contributed by atoms with E-state index < -0.39 is 11.7 Å². The summed E-state index contributed by atoms with van der Waals surface area (Å²) in [6.07, 6.45) is -2.90. The van der Waals surface area contributed by atoms with Crippen molar-refractivity contribution in [3.63, 3.8) is 0 Å². The highest BCUT2D eigenvalue weighted by molar-refractivity contribution is 6.32. The van der Waals surface area contributed by atoms with Gasteiger partial charge in [0.1, 0.15) is 5.15 Å². The van der Waals surface area contributed by atoms with Crippen LogP contribution in [0.25, 0.3) is 0 Å². The number of carbonyl (C=O) groups excluding carboxylic acids is 1. The zero-order chi connectivity index (χ0) is 26.0. The number of benzene rings is 2. The molecule has 0 aliphatic carbocycles. The second-order valence-corrected chi connectivity index (χ2v) is 10.0. The summed E-state index contributed by atoms with van der Waals surface area (Å²) >= 11 is 6.18. The third kappa shape index (κ3) is 5.75. The molecule has 2 aromatic carbocycles. The van der Waals surface area contributed by atoms with E-state index in [0.717, 1.165) is 32.2 Å². The normalized spacial score (nSPS) is 20.9. The molecule has 5 nitrogen and oxygen atoms in total. The molecule has 0 N–H and O–H groups in total. The number of nitrogens with zero attached hydrogens (tertiary/aromatic N) is 4. The molecule has 1 aromatic heterocycles. The molecule has 194 valence electrons. The van der Waals surface area contributed by atoms with Gasteiger partial charge < -0.3 is 9.80 Å².